The summed E-state index contributed by atoms with van der Waals surface area (Å²) in [6.07, 6.45) is 3.82. The van der Waals surface area contributed by atoms with Crippen LogP contribution in [0.5, 0.6) is 0 Å². The third kappa shape index (κ3) is 4.82. The molecule has 4 aliphatic carbocycles. The maximum Gasteiger partial charge on any atom is 0.136 e. The Morgan fingerprint density at radius 2 is 0.725 bits per heavy atom. The molecule has 0 bridgehead atoms. The molecule has 0 saturated heterocycles. The van der Waals surface area contributed by atoms with Crippen LogP contribution in [0, 0.1) is 0 Å². The molecule has 69 heavy (non-hydrogen) atoms. The van der Waals surface area contributed by atoms with E-state index in [4.69, 9.17) is 8.83 Å². The molecule has 0 atom stereocenters. The van der Waals surface area contributed by atoms with Crippen molar-refractivity contribution in [2.45, 2.75) is 77.0 Å². The van der Waals surface area contributed by atoms with E-state index in [0.717, 1.165) is 39.4 Å². The molecule has 3 aromatic heterocycles. The molecule has 3 heterocycles. The first kappa shape index (κ1) is 39.3. The van der Waals surface area contributed by atoms with Crippen LogP contribution in [-0.2, 0) is 21.7 Å². The van der Waals surface area contributed by atoms with Crippen molar-refractivity contribution in [2.75, 3.05) is 4.90 Å². The molecular formula is C65H50N2O2. The highest BCUT2D eigenvalue weighted by Crippen LogP contribution is 2.61. The van der Waals surface area contributed by atoms with Gasteiger partial charge in [-0.2, -0.15) is 0 Å². The van der Waals surface area contributed by atoms with E-state index in [0.29, 0.717) is 0 Å². The smallest absolute Gasteiger partial charge is 0.136 e. The Bertz CT molecular complexity index is 3890. The summed E-state index contributed by atoms with van der Waals surface area (Å²) in [5.74, 6) is 0. The van der Waals surface area contributed by atoms with Crippen LogP contribution in [-0.4, -0.2) is 4.98 Å². The van der Waals surface area contributed by atoms with Gasteiger partial charge in [-0.3, -0.25) is 4.98 Å². The first-order valence-electron chi connectivity index (χ1n) is 24.5. The number of fused-ring (bicyclic) bond motifs is 20. The molecule has 0 amide bonds. The number of pyridine rings is 1. The fourth-order valence-electron chi connectivity index (χ4n) is 13.7. The van der Waals surface area contributed by atoms with E-state index in [1.807, 2.05) is 12.4 Å². The van der Waals surface area contributed by atoms with E-state index in [1.165, 1.54) is 111 Å². The van der Waals surface area contributed by atoms with Crippen molar-refractivity contribution in [3.8, 4) is 44.5 Å². The number of furan rings is 2. The highest BCUT2D eigenvalue weighted by Gasteiger charge is 2.45. The fourth-order valence-corrected chi connectivity index (χ4v) is 13.7. The van der Waals surface area contributed by atoms with Crippen LogP contribution in [0.15, 0.2) is 167 Å². The molecule has 0 N–H and O–H groups in total. The monoisotopic (exact) mass is 890 g/mol. The fraction of sp³-hybridized carbons (Fsp3) is 0.185. The second-order valence-electron chi connectivity index (χ2n) is 22.3. The zero-order valence-electron chi connectivity index (χ0n) is 40.2. The quantitative estimate of drug-likeness (QED) is 0.177. The SMILES string of the molecule is CC1(C)c2cc(N(c3ccncc3)c3ccc4c(c3)C(C)(C)c3cc5c(cc3-4)C(C)(C)c3ccc4oc6ccccc6c4c3-5)ccc2-c2cc3c(cc21)-c1c(ccc2oc4ccccc4c12)C3(C)C. The summed E-state index contributed by atoms with van der Waals surface area (Å²) in [5, 5.41) is 4.81. The van der Waals surface area contributed by atoms with Crippen molar-refractivity contribution in [3.05, 3.63) is 202 Å². The number of anilines is 3. The summed E-state index contributed by atoms with van der Waals surface area (Å²) in [5.41, 5.74) is 27.8. The first-order valence-corrected chi connectivity index (χ1v) is 24.5. The minimum Gasteiger partial charge on any atom is -0.456 e. The van der Waals surface area contributed by atoms with Gasteiger partial charge in [0, 0.05) is 72.7 Å². The molecule has 0 radical (unpaired) electrons. The zero-order chi connectivity index (χ0) is 46.7. The molecule has 8 aromatic carbocycles. The van der Waals surface area contributed by atoms with E-state index in [-0.39, 0.29) is 21.7 Å². The third-order valence-electron chi connectivity index (χ3n) is 17.4. The molecule has 0 fully saturated rings. The average molecular weight is 891 g/mol. The summed E-state index contributed by atoms with van der Waals surface area (Å²) < 4.78 is 12.9. The molecular weight excluding hydrogens is 841 g/mol. The maximum atomic E-state index is 6.45. The highest BCUT2D eigenvalue weighted by molar-refractivity contribution is 6.16. The van der Waals surface area contributed by atoms with Crippen molar-refractivity contribution in [2.24, 2.45) is 0 Å². The maximum absolute atomic E-state index is 6.45. The van der Waals surface area contributed by atoms with Gasteiger partial charge in [0.1, 0.15) is 22.3 Å². The van der Waals surface area contributed by atoms with Crippen molar-refractivity contribution in [1.29, 1.82) is 0 Å². The van der Waals surface area contributed by atoms with Crippen LogP contribution in [0.4, 0.5) is 17.1 Å². The van der Waals surface area contributed by atoms with E-state index in [1.54, 1.807) is 0 Å². The summed E-state index contributed by atoms with van der Waals surface area (Å²) >= 11 is 0. The van der Waals surface area contributed by atoms with Gasteiger partial charge in [-0.15, -0.1) is 0 Å². The van der Waals surface area contributed by atoms with E-state index in [2.05, 4.69) is 211 Å². The topological polar surface area (TPSA) is 42.4 Å². The van der Waals surface area contributed by atoms with Crippen LogP contribution in [0.25, 0.3) is 88.4 Å². The predicted molar refractivity (Wildman–Crippen MR) is 284 cm³/mol. The largest absolute Gasteiger partial charge is 0.456 e. The number of hydrogen-bond donors (Lipinski definition) is 0. The molecule has 332 valence electrons. The van der Waals surface area contributed by atoms with Crippen LogP contribution >= 0.6 is 0 Å². The number of hydrogen-bond acceptors (Lipinski definition) is 4. The van der Waals surface area contributed by atoms with Gasteiger partial charge in [0.05, 0.1) is 0 Å². The van der Waals surface area contributed by atoms with Gasteiger partial charge in [-0.1, -0.05) is 116 Å². The van der Waals surface area contributed by atoms with Crippen LogP contribution in [0.2, 0.25) is 0 Å². The lowest BCUT2D eigenvalue weighted by molar-refractivity contribution is 0.650. The molecule has 4 nitrogen and oxygen atoms in total. The summed E-state index contributed by atoms with van der Waals surface area (Å²) in [7, 11) is 0. The van der Waals surface area contributed by atoms with Crippen LogP contribution in [0.1, 0.15) is 99.9 Å². The minimum absolute atomic E-state index is 0.166. The molecule has 0 aliphatic heterocycles. The number of aromatic nitrogens is 1. The Morgan fingerprint density at radius 3 is 1.19 bits per heavy atom. The van der Waals surface area contributed by atoms with Crippen LogP contribution < -0.4 is 4.90 Å². The van der Waals surface area contributed by atoms with Gasteiger partial charge in [0.25, 0.3) is 0 Å². The van der Waals surface area contributed by atoms with Gasteiger partial charge in [-0.05, 0) is 174 Å². The zero-order valence-corrected chi connectivity index (χ0v) is 40.2. The lowest BCUT2D eigenvalue weighted by Crippen LogP contribution is -2.18. The second kappa shape index (κ2) is 12.7. The number of rotatable bonds is 3. The summed E-state index contributed by atoms with van der Waals surface area (Å²) in [4.78, 5) is 6.90. The van der Waals surface area contributed by atoms with Gasteiger partial charge < -0.3 is 13.7 Å². The molecule has 0 unspecified atom stereocenters. The standard InChI is InChI=1S/C65H50N2O2/c1-62(2)46-21-23-56-60(40-13-9-11-15-54(40)68-56)58(46)44-33-50-42(31-52(44)62)38-19-17-36(29-48(38)64(50,5)6)67(35-25-27-66-28-26-35)37-18-20-39-43-32-53-45(34-51(43)65(7,8)49(39)30-37)59-47(63(53,3)4)22-24-57-61(59)41-14-10-12-16-55(41)69-57/h9-34H,1-8H3. The Kier molecular flexibility index (Phi) is 7.23. The van der Waals surface area contributed by atoms with Gasteiger partial charge in [0.2, 0.25) is 0 Å². The second-order valence-corrected chi connectivity index (χ2v) is 22.3. The third-order valence-corrected chi connectivity index (χ3v) is 17.4. The number of nitrogens with zero attached hydrogens (tertiary/aromatic N) is 2. The summed E-state index contributed by atoms with van der Waals surface area (Å²) in [6, 6.07) is 54.6. The van der Waals surface area contributed by atoms with Crippen molar-refractivity contribution >= 4 is 60.9 Å². The Hall–Kier alpha value is -7.69. The molecule has 15 rings (SSSR count). The molecule has 0 spiro atoms. The molecule has 11 aromatic rings. The van der Waals surface area contributed by atoms with Crippen molar-refractivity contribution in [3.63, 3.8) is 0 Å². The van der Waals surface area contributed by atoms with E-state index in [9.17, 15) is 0 Å². The summed E-state index contributed by atoms with van der Waals surface area (Å²) in [6.45, 7) is 19.2. The van der Waals surface area contributed by atoms with Gasteiger partial charge >= 0.3 is 0 Å². The molecule has 0 saturated carbocycles. The van der Waals surface area contributed by atoms with Gasteiger partial charge in [0.15, 0.2) is 0 Å². The lowest BCUT2D eigenvalue weighted by Gasteiger charge is -2.29. The lowest BCUT2D eigenvalue weighted by atomic mass is 9.79. The predicted octanol–water partition coefficient (Wildman–Crippen LogP) is 17.6. The highest BCUT2D eigenvalue weighted by atomic mass is 16.3. The van der Waals surface area contributed by atoms with E-state index >= 15 is 0 Å². The Balaban J connectivity index is 0.859. The number of benzene rings is 8. The normalized spacial score (nSPS) is 16.6. The average Bonchev–Trinajstić information content (AvgIpc) is 4.13. The Labute approximate surface area is 401 Å². The van der Waals surface area contributed by atoms with Gasteiger partial charge in [-0.25, -0.2) is 0 Å². The molecule has 4 aliphatic rings. The van der Waals surface area contributed by atoms with E-state index < -0.39 is 0 Å². The van der Waals surface area contributed by atoms with Crippen molar-refractivity contribution in [1.82, 2.24) is 4.98 Å². The van der Waals surface area contributed by atoms with Crippen LogP contribution in [0.3, 0.4) is 0 Å². The Morgan fingerprint density at radius 1 is 0.333 bits per heavy atom. The van der Waals surface area contributed by atoms with Crippen molar-refractivity contribution < 1.29 is 8.83 Å². The molecule has 4 heteroatoms. The number of para-hydroxylation sites is 2. The minimum atomic E-state index is -0.248. The first-order chi connectivity index (χ1) is 33.2.